The molecular formula is C36H46N10O5S. The minimum Gasteiger partial charge on any atom is -0.484 e. The predicted molar refractivity (Wildman–Crippen MR) is 196 cm³/mol. The molecule has 0 spiro atoms. The van der Waals surface area contributed by atoms with Gasteiger partial charge < -0.3 is 15.0 Å². The maximum Gasteiger partial charge on any atom is 0.320 e. The van der Waals surface area contributed by atoms with Gasteiger partial charge in [-0.3, -0.25) is 18.6 Å². The van der Waals surface area contributed by atoms with E-state index in [-0.39, 0.29) is 37.2 Å². The molecular weight excluding hydrogens is 685 g/mol. The Kier molecular flexibility index (Phi) is 9.94. The number of hydrogen-bond donors (Lipinski definition) is 2. The molecule has 4 aromatic heterocycles. The van der Waals surface area contributed by atoms with Crippen molar-refractivity contribution in [1.29, 1.82) is 0 Å². The highest BCUT2D eigenvalue weighted by Gasteiger charge is 2.31. The number of rotatable bonds is 11. The van der Waals surface area contributed by atoms with E-state index in [1.807, 2.05) is 60.8 Å². The Morgan fingerprint density at radius 1 is 1.00 bits per heavy atom. The standard InChI is InChI=1S/C36H46N10O5S/c1-23(2)31-19-34(46(42-31)26-20-37-43(21-26)17-18-50-52(5,48)49)39-35(47)38-30-14-15-32(29-12-7-6-11-28(29)30)51-27-13-16-33-40-41-36(44(33)22-27)45-24(3)9-8-10-25(45)4/h6-7,11-13,16,19-25,30,32H,8-10,14-15,17-18H2,1-5H3,(H2,38,39,47). The number of amides is 2. The molecule has 4 atom stereocenters. The summed E-state index contributed by atoms with van der Waals surface area (Å²) < 4.78 is 39.4. The summed E-state index contributed by atoms with van der Waals surface area (Å²) in [4.78, 5) is 15.9. The average Bonchev–Trinajstić information content (AvgIpc) is 3.84. The van der Waals surface area contributed by atoms with Gasteiger partial charge >= 0.3 is 6.03 Å². The van der Waals surface area contributed by atoms with E-state index in [9.17, 15) is 13.2 Å². The van der Waals surface area contributed by atoms with Crippen LogP contribution in [-0.4, -0.2) is 73.6 Å². The summed E-state index contributed by atoms with van der Waals surface area (Å²) in [6, 6.07) is 14.0. The lowest BCUT2D eigenvalue weighted by molar-refractivity contribution is 0.171. The first-order valence-electron chi connectivity index (χ1n) is 17.9. The maximum atomic E-state index is 13.6. The number of hydrogen-bond acceptors (Lipinski definition) is 10. The number of piperidine rings is 1. The van der Waals surface area contributed by atoms with Crippen molar-refractivity contribution >= 4 is 33.6 Å². The molecule has 0 saturated carbocycles. The first-order chi connectivity index (χ1) is 24.9. The summed E-state index contributed by atoms with van der Waals surface area (Å²) in [5, 5.41) is 24.2. The Labute approximate surface area is 303 Å². The molecule has 2 amide bonds. The molecule has 1 aliphatic carbocycles. The largest absolute Gasteiger partial charge is 0.484 e. The fraction of sp³-hybridized carbons (Fsp3) is 0.472. The van der Waals surface area contributed by atoms with Gasteiger partial charge in [0.15, 0.2) is 5.65 Å². The van der Waals surface area contributed by atoms with Gasteiger partial charge in [-0.15, -0.1) is 10.2 Å². The number of nitrogens with one attached hydrogen (secondary N) is 2. The molecule has 2 aliphatic rings. The summed E-state index contributed by atoms with van der Waals surface area (Å²) >= 11 is 0. The fourth-order valence-corrected chi connectivity index (χ4v) is 7.63. The molecule has 4 unspecified atom stereocenters. The average molecular weight is 731 g/mol. The third-order valence-corrected chi connectivity index (χ3v) is 10.4. The summed E-state index contributed by atoms with van der Waals surface area (Å²) in [5.74, 6) is 2.17. The molecule has 16 heteroatoms. The number of ether oxygens (including phenoxy) is 1. The topological polar surface area (TPSA) is 163 Å². The number of carbonyl (C=O) groups is 1. The van der Waals surface area contributed by atoms with Crippen LogP contribution in [0.2, 0.25) is 0 Å². The van der Waals surface area contributed by atoms with Crippen LogP contribution in [-0.2, 0) is 20.8 Å². The van der Waals surface area contributed by atoms with E-state index in [0.717, 1.165) is 53.3 Å². The van der Waals surface area contributed by atoms with E-state index in [4.69, 9.17) is 14.0 Å². The minimum absolute atomic E-state index is 0.0474. The van der Waals surface area contributed by atoms with Crippen LogP contribution >= 0.6 is 0 Å². The molecule has 15 nitrogen and oxygen atoms in total. The summed E-state index contributed by atoms with van der Waals surface area (Å²) in [5.41, 5.74) is 4.22. The number of carbonyl (C=O) groups excluding carboxylic acids is 1. The van der Waals surface area contributed by atoms with Gasteiger partial charge in [-0.05, 0) is 75.1 Å². The van der Waals surface area contributed by atoms with Gasteiger partial charge in [0.2, 0.25) is 5.95 Å². The molecule has 52 heavy (non-hydrogen) atoms. The van der Waals surface area contributed by atoms with Gasteiger partial charge in [-0.1, -0.05) is 38.1 Å². The molecule has 5 aromatic rings. The molecule has 0 radical (unpaired) electrons. The van der Waals surface area contributed by atoms with Crippen molar-refractivity contribution in [2.24, 2.45) is 0 Å². The normalized spacial score (nSPS) is 20.6. The first kappa shape index (κ1) is 35.4. The van der Waals surface area contributed by atoms with Crippen molar-refractivity contribution < 1.29 is 22.1 Å². The monoisotopic (exact) mass is 730 g/mol. The van der Waals surface area contributed by atoms with Gasteiger partial charge in [0.25, 0.3) is 10.1 Å². The molecule has 2 N–H and O–H groups in total. The van der Waals surface area contributed by atoms with Crippen LogP contribution in [0.1, 0.15) is 94.7 Å². The SMILES string of the molecule is CC(C)c1cc(NC(=O)NC2CCC(Oc3ccc4nnc(N5C(C)CCCC5C)n4c3)c3ccccc32)n(-c2cnn(CCOS(C)(=O)=O)c2)n1. The Morgan fingerprint density at radius 3 is 2.52 bits per heavy atom. The third-order valence-electron chi connectivity index (χ3n) is 9.84. The van der Waals surface area contributed by atoms with E-state index in [1.54, 1.807) is 21.8 Å². The number of aromatic nitrogens is 7. The number of anilines is 2. The lowest BCUT2D eigenvalue weighted by Crippen LogP contribution is -2.44. The van der Waals surface area contributed by atoms with Crippen LogP contribution in [0.15, 0.2) is 61.1 Å². The summed E-state index contributed by atoms with van der Waals surface area (Å²) in [6.07, 6.45) is 11.0. The molecule has 276 valence electrons. The maximum absolute atomic E-state index is 13.6. The number of pyridine rings is 1. The van der Waals surface area contributed by atoms with Crippen LogP contribution in [0.4, 0.5) is 16.6 Å². The van der Waals surface area contributed by atoms with E-state index in [1.165, 1.54) is 6.42 Å². The zero-order valence-corrected chi connectivity index (χ0v) is 31.0. The first-order valence-corrected chi connectivity index (χ1v) is 19.7. The predicted octanol–water partition coefficient (Wildman–Crippen LogP) is 5.76. The fourth-order valence-electron chi connectivity index (χ4n) is 7.25. The minimum atomic E-state index is -3.55. The van der Waals surface area contributed by atoms with Crippen molar-refractivity contribution in [2.75, 3.05) is 23.1 Å². The zero-order chi connectivity index (χ0) is 36.6. The van der Waals surface area contributed by atoms with Gasteiger partial charge in [0, 0.05) is 18.2 Å². The van der Waals surface area contributed by atoms with Gasteiger partial charge in [0.1, 0.15) is 23.4 Å². The van der Waals surface area contributed by atoms with Crippen molar-refractivity contribution in [1.82, 2.24) is 39.5 Å². The van der Waals surface area contributed by atoms with Crippen LogP contribution in [0.5, 0.6) is 5.75 Å². The van der Waals surface area contributed by atoms with Gasteiger partial charge in [0.05, 0.1) is 49.7 Å². The smallest absolute Gasteiger partial charge is 0.320 e. The molecule has 0 bridgehead atoms. The van der Waals surface area contributed by atoms with Crippen LogP contribution in [0.3, 0.4) is 0 Å². The second-order valence-electron chi connectivity index (χ2n) is 14.1. The number of nitrogens with zero attached hydrogens (tertiary/aromatic N) is 8. The van der Waals surface area contributed by atoms with Crippen molar-refractivity contribution in [3.63, 3.8) is 0 Å². The Balaban J connectivity index is 1.05. The van der Waals surface area contributed by atoms with Crippen molar-refractivity contribution in [3.05, 3.63) is 77.9 Å². The van der Waals surface area contributed by atoms with Gasteiger partial charge in [-0.2, -0.15) is 18.6 Å². The molecule has 1 aromatic carbocycles. The molecule has 5 heterocycles. The molecule has 1 aliphatic heterocycles. The van der Waals surface area contributed by atoms with E-state index >= 15 is 0 Å². The second kappa shape index (κ2) is 14.6. The number of fused-ring (bicyclic) bond motifs is 2. The summed E-state index contributed by atoms with van der Waals surface area (Å²) in [7, 11) is -3.55. The number of urea groups is 1. The van der Waals surface area contributed by atoms with Crippen molar-refractivity contribution in [3.8, 4) is 11.4 Å². The van der Waals surface area contributed by atoms with Crippen LogP contribution in [0.25, 0.3) is 11.3 Å². The Morgan fingerprint density at radius 2 is 1.77 bits per heavy atom. The second-order valence-corrected chi connectivity index (χ2v) is 15.7. The quantitative estimate of drug-likeness (QED) is 0.160. The summed E-state index contributed by atoms with van der Waals surface area (Å²) in [6.45, 7) is 8.73. The van der Waals surface area contributed by atoms with Crippen LogP contribution < -0.4 is 20.3 Å². The highest BCUT2D eigenvalue weighted by molar-refractivity contribution is 7.85. The zero-order valence-electron chi connectivity index (χ0n) is 30.1. The van der Waals surface area contributed by atoms with Crippen LogP contribution in [0, 0.1) is 0 Å². The lowest BCUT2D eigenvalue weighted by atomic mass is 9.85. The number of benzene rings is 1. The Hall–Kier alpha value is -4.96. The molecule has 1 fully saturated rings. The van der Waals surface area contributed by atoms with E-state index in [0.29, 0.717) is 36.4 Å². The highest BCUT2D eigenvalue weighted by Crippen LogP contribution is 2.39. The molecule has 7 rings (SSSR count). The lowest BCUT2D eigenvalue weighted by Gasteiger charge is -2.39. The highest BCUT2D eigenvalue weighted by atomic mass is 32.2. The Bertz CT molecular complexity index is 2150. The van der Waals surface area contributed by atoms with Crippen molar-refractivity contribution in [2.45, 2.75) is 96.5 Å². The van der Waals surface area contributed by atoms with E-state index < -0.39 is 10.1 Å². The third kappa shape index (κ3) is 7.62. The molecule has 1 saturated heterocycles. The van der Waals surface area contributed by atoms with E-state index in [2.05, 4.69) is 50.7 Å². The van der Waals surface area contributed by atoms with Gasteiger partial charge in [-0.25, -0.2) is 9.48 Å².